The molecule has 23 heavy (non-hydrogen) atoms. The van der Waals surface area contributed by atoms with Crippen molar-refractivity contribution in [2.45, 2.75) is 38.6 Å². The molecule has 0 saturated carbocycles. The van der Waals surface area contributed by atoms with Gasteiger partial charge in [0, 0.05) is 39.6 Å². The summed E-state index contributed by atoms with van der Waals surface area (Å²) >= 11 is 0. The van der Waals surface area contributed by atoms with Gasteiger partial charge in [-0.1, -0.05) is 43.2 Å². The first-order valence-electron chi connectivity index (χ1n) is 8.47. The number of nitrogens with one attached hydrogen (secondary N) is 1. The van der Waals surface area contributed by atoms with E-state index in [1.165, 1.54) is 12.8 Å². The Bertz CT molecular complexity index is 496. The summed E-state index contributed by atoms with van der Waals surface area (Å²) in [5.74, 6) is 0.151. The summed E-state index contributed by atoms with van der Waals surface area (Å²) in [5, 5.41) is 2.83. The van der Waals surface area contributed by atoms with Crippen molar-refractivity contribution in [1.29, 1.82) is 0 Å². The Hall–Kier alpha value is -2.04. The fraction of sp³-hybridized carbons (Fsp3) is 0.556. The highest BCUT2D eigenvalue weighted by Crippen LogP contribution is 2.10. The summed E-state index contributed by atoms with van der Waals surface area (Å²) < 4.78 is 0. The molecule has 3 amide bonds. The average molecular weight is 317 g/mol. The molecule has 1 heterocycles. The van der Waals surface area contributed by atoms with Crippen molar-refractivity contribution in [2.24, 2.45) is 0 Å². The van der Waals surface area contributed by atoms with Gasteiger partial charge in [-0.3, -0.25) is 4.79 Å². The second-order valence-corrected chi connectivity index (χ2v) is 6.12. The average Bonchev–Trinajstić information content (AvgIpc) is 2.85. The van der Waals surface area contributed by atoms with Gasteiger partial charge in [0.2, 0.25) is 5.91 Å². The Morgan fingerprint density at radius 1 is 1.09 bits per heavy atom. The van der Waals surface area contributed by atoms with E-state index in [0.717, 1.165) is 31.5 Å². The molecule has 0 radical (unpaired) electrons. The quantitative estimate of drug-likeness (QED) is 0.907. The summed E-state index contributed by atoms with van der Waals surface area (Å²) in [6.45, 7) is 2.68. The minimum atomic E-state index is -0.141. The fourth-order valence-corrected chi connectivity index (χ4v) is 2.82. The molecule has 1 aliphatic rings. The predicted octanol–water partition coefficient (Wildman–Crippen LogP) is 2.62. The largest absolute Gasteiger partial charge is 0.343 e. The van der Waals surface area contributed by atoms with Crippen LogP contribution in [0.2, 0.25) is 0 Å². The molecule has 5 nitrogen and oxygen atoms in total. The molecular weight excluding hydrogens is 290 g/mol. The molecule has 0 spiro atoms. The molecule has 0 aromatic heterocycles. The van der Waals surface area contributed by atoms with Gasteiger partial charge < -0.3 is 15.1 Å². The number of likely N-dealkylation sites (tertiary alicyclic amines) is 1. The first kappa shape index (κ1) is 17.3. The zero-order chi connectivity index (χ0) is 16.5. The van der Waals surface area contributed by atoms with Crippen molar-refractivity contribution in [3.8, 4) is 0 Å². The molecule has 1 saturated heterocycles. The van der Waals surface area contributed by atoms with E-state index in [2.05, 4.69) is 5.32 Å². The van der Waals surface area contributed by atoms with Crippen LogP contribution in [0.3, 0.4) is 0 Å². The normalized spacial score (nSPS) is 14.9. The Balaban J connectivity index is 1.68. The van der Waals surface area contributed by atoms with Crippen LogP contribution < -0.4 is 5.32 Å². The second-order valence-electron chi connectivity index (χ2n) is 6.12. The minimum Gasteiger partial charge on any atom is -0.343 e. The van der Waals surface area contributed by atoms with E-state index in [0.29, 0.717) is 19.5 Å². The number of carbonyl (C=O) groups is 2. The summed E-state index contributed by atoms with van der Waals surface area (Å²) in [7, 11) is 1.76. The zero-order valence-corrected chi connectivity index (χ0v) is 14.0. The summed E-state index contributed by atoms with van der Waals surface area (Å²) in [6, 6.07) is 9.72. The maximum absolute atomic E-state index is 12.2. The van der Waals surface area contributed by atoms with E-state index in [1.807, 2.05) is 35.2 Å². The van der Waals surface area contributed by atoms with Gasteiger partial charge in [0.05, 0.1) is 0 Å². The van der Waals surface area contributed by atoms with E-state index in [9.17, 15) is 9.59 Å². The molecule has 126 valence electrons. The number of nitrogens with zero attached hydrogens (tertiary/aromatic N) is 2. The highest BCUT2D eigenvalue weighted by molar-refractivity contribution is 5.78. The zero-order valence-electron chi connectivity index (χ0n) is 14.0. The molecule has 1 fully saturated rings. The highest BCUT2D eigenvalue weighted by Gasteiger charge is 2.16. The Morgan fingerprint density at radius 3 is 2.39 bits per heavy atom. The fourth-order valence-electron chi connectivity index (χ4n) is 2.82. The monoisotopic (exact) mass is 317 g/mol. The van der Waals surface area contributed by atoms with E-state index < -0.39 is 0 Å². The summed E-state index contributed by atoms with van der Waals surface area (Å²) in [4.78, 5) is 27.8. The Kier molecular flexibility index (Phi) is 6.91. The lowest BCUT2D eigenvalue weighted by molar-refractivity contribution is -0.131. The first-order valence-corrected chi connectivity index (χ1v) is 8.47. The first-order chi connectivity index (χ1) is 11.2. The molecule has 2 rings (SSSR count). The third kappa shape index (κ3) is 5.93. The second kappa shape index (κ2) is 9.18. The molecule has 1 aliphatic heterocycles. The van der Waals surface area contributed by atoms with Crippen molar-refractivity contribution in [1.82, 2.24) is 15.1 Å². The van der Waals surface area contributed by atoms with Crippen LogP contribution in [-0.4, -0.2) is 48.4 Å². The lowest BCUT2D eigenvalue weighted by Crippen LogP contribution is -2.39. The lowest BCUT2D eigenvalue weighted by atomic mass is 10.2. The molecule has 0 atom stereocenters. The standard InChI is InChI=1S/C18H27N3O2/c1-20(15-16-9-5-4-6-10-16)18(23)19-12-11-17(22)21-13-7-2-3-8-14-21/h4-6,9-10H,2-3,7-8,11-15H2,1H3,(H,19,23). The van der Waals surface area contributed by atoms with E-state index in [1.54, 1.807) is 11.9 Å². The van der Waals surface area contributed by atoms with Crippen LogP contribution in [0.5, 0.6) is 0 Å². The maximum Gasteiger partial charge on any atom is 0.317 e. The van der Waals surface area contributed by atoms with Crippen LogP contribution in [-0.2, 0) is 11.3 Å². The van der Waals surface area contributed by atoms with Gasteiger partial charge in [-0.2, -0.15) is 0 Å². The van der Waals surface area contributed by atoms with Crippen LogP contribution in [0, 0.1) is 0 Å². The van der Waals surface area contributed by atoms with Gasteiger partial charge in [0.1, 0.15) is 0 Å². The highest BCUT2D eigenvalue weighted by atomic mass is 16.2. The number of carbonyl (C=O) groups excluding carboxylic acids is 2. The van der Waals surface area contributed by atoms with E-state index in [4.69, 9.17) is 0 Å². The third-order valence-corrected chi connectivity index (χ3v) is 4.18. The van der Waals surface area contributed by atoms with E-state index in [-0.39, 0.29) is 11.9 Å². The smallest absolute Gasteiger partial charge is 0.317 e. The number of rotatable bonds is 5. The van der Waals surface area contributed by atoms with Crippen molar-refractivity contribution in [3.05, 3.63) is 35.9 Å². The number of hydrogen-bond donors (Lipinski definition) is 1. The minimum absolute atomic E-state index is 0.141. The predicted molar refractivity (Wildman–Crippen MR) is 91.0 cm³/mol. The van der Waals surface area contributed by atoms with Crippen molar-refractivity contribution in [2.75, 3.05) is 26.7 Å². The lowest BCUT2D eigenvalue weighted by Gasteiger charge is -2.21. The van der Waals surface area contributed by atoms with Gasteiger partial charge in [-0.15, -0.1) is 0 Å². The van der Waals surface area contributed by atoms with Gasteiger partial charge in [0.15, 0.2) is 0 Å². The van der Waals surface area contributed by atoms with Crippen LogP contribution in [0.4, 0.5) is 4.79 Å². The topological polar surface area (TPSA) is 52.7 Å². The van der Waals surface area contributed by atoms with Crippen LogP contribution >= 0.6 is 0 Å². The SMILES string of the molecule is CN(Cc1ccccc1)C(=O)NCCC(=O)N1CCCCCC1. The molecule has 1 aromatic carbocycles. The van der Waals surface area contributed by atoms with Gasteiger partial charge in [-0.05, 0) is 18.4 Å². The Labute approximate surface area is 138 Å². The molecule has 1 N–H and O–H groups in total. The van der Waals surface area contributed by atoms with Crippen molar-refractivity contribution < 1.29 is 9.59 Å². The summed E-state index contributed by atoms with van der Waals surface area (Å²) in [5.41, 5.74) is 1.09. The summed E-state index contributed by atoms with van der Waals surface area (Å²) in [6.07, 6.45) is 5.00. The molecule has 5 heteroatoms. The Morgan fingerprint density at radius 2 is 1.74 bits per heavy atom. The van der Waals surface area contributed by atoms with Gasteiger partial charge in [0.25, 0.3) is 0 Å². The van der Waals surface area contributed by atoms with Gasteiger partial charge >= 0.3 is 6.03 Å². The number of urea groups is 1. The van der Waals surface area contributed by atoms with Crippen LogP contribution in [0.15, 0.2) is 30.3 Å². The third-order valence-electron chi connectivity index (χ3n) is 4.18. The van der Waals surface area contributed by atoms with E-state index >= 15 is 0 Å². The molecule has 0 unspecified atom stereocenters. The number of hydrogen-bond acceptors (Lipinski definition) is 2. The van der Waals surface area contributed by atoms with Crippen LogP contribution in [0.25, 0.3) is 0 Å². The van der Waals surface area contributed by atoms with Crippen molar-refractivity contribution >= 4 is 11.9 Å². The molecular formula is C18H27N3O2. The number of amides is 3. The number of benzene rings is 1. The molecule has 1 aromatic rings. The maximum atomic E-state index is 12.2. The molecule has 0 bridgehead atoms. The van der Waals surface area contributed by atoms with Gasteiger partial charge in [-0.25, -0.2) is 4.79 Å². The van der Waals surface area contributed by atoms with Crippen LogP contribution in [0.1, 0.15) is 37.7 Å². The van der Waals surface area contributed by atoms with Crippen molar-refractivity contribution in [3.63, 3.8) is 0 Å². The molecule has 0 aliphatic carbocycles.